The molecule has 1 saturated heterocycles. The topological polar surface area (TPSA) is 24.5 Å². The van der Waals surface area contributed by atoms with Gasteiger partial charge in [0, 0.05) is 38.6 Å². The van der Waals surface area contributed by atoms with E-state index >= 15 is 0 Å². The van der Waals surface area contributed by atoms with Gasteiger partial charge in [-0.05, 0) is 38.5 Å². The highest BCUT2D eigenvalue weighted by molar-refractivity contribution is 5.85. The molecule has 1 fully saturated rings. The molecule has 132 valence electrons. The molecule has 0 aliphatic carbocycles. The fourth-order valence-corrected chi connectivity index (χ4v) is 2.77. The average Bonchev–Trinajstić information content (AvgIpc) is 2.45. The highest BCUT2D eigenvalue weighted by atomic mass is 35.5. The van der Waals surface area contributed by atoms with E-state index in [9.17, 15) is 8.78 Å². The molecule has 6 heteroatoms. The molecule has 2 rings (SSSR count). The van der Waals surface area contributed by atoms with Gasteiger partial charge in [-0.2, -0.15) is 0 Å². The molecule has 0 spiro atoms. The van der Waals surface area contributed by atoms with Gasteiger partial charge in [-0.25, -0.2) is 8.78 Å². The fraction of sp³-hybridized carbons (Fsp3) is 0.647. The molecule has 3 nitrogen and oxygen atoms in total. The third-order valence-electron chi connectivity index (χ3n) is 3.68. The Kier molecular flexibility index (Phi) is 7.71. The molecule has 0 bridgehead atoms. The van der Waals surface area contributed by atoms with Crippen molar-refractivity contribution in [3.8, 4) is 5.75 Å². The maximum absolute atomic E-state index is 13.0. The molecule has 1 aliphatic heterocycles. The Labute approximate surface area is 143 Å². The number of halogens is 3. The maximum atomic E-state index is 13.0. The van der Waals surface area contributed by atoms with E-state index in [0.29, 0.717) is 0 Å². The van der Waals surface area contributed by atoms with Crippen LogP contribution in [0.15, 0.2) is 24.3 Å². The first-order valence-electron chi connectivity index (χ1n) is 7.87. The van der Waals surface area contributed by atoms with Crippen molar-refractivity contribution in [2.24, 2.45) is 0 Å². The van der Waals surface area contributed by atoms with E-state index < -0.39 is 6.43 Å². The summed E-state index contributed by atoms with van der Waals surface area (Å²) in [5.41, 5.74) is 0.672. The normalized spacial score (nSPS) is 17.7. The predicted molar refractivity (Wildman–Crippen MR) is 91.9 cm³/mol. The molecule has 1 aromatic rings. The average molecular weight is 349 g/mol. The quantitative estimate of drug-likeness (QED) is 0.873. The molecule has 0 amide bonds. The van der Waals surface area contributed by atoms with Gasteiger partial charge in [0.1, 0.15) is 11.4 Å². The summed E-state index contributed by atoms with van der Waals surface area (Å²) in [5.74, 6) is 0.771. The van der Waals surface area contributed by atoms with Gasteiger partial charge in [-0.15, -0.1) is 12.4 Å². The Morgan fingerprint density at radius 1 is 1.13 bits per heavy atom. The van der Waals surface area contributed by atoms with Crippen LogP contribution in [0.1, 0.15) is 38.8 Å². The number of alkyl halides is 2. The number of hydrogen-bond acceptors (Lipinski definition) is 3. The van der Waals surface area contributed by atoms with Crippen LogP contribution in [0.2, 0.25) is 0 Å². The maximum Gasteiger partial charge on any atom is 0.240 e. The minimum Gasteiger partial charge on any atom is -0.488 e. The molecule has 23 heavy (non-hydrogen) atoms. The van der Waals surface area contributed by atoms with Crippen LogP contribution in [0.3, 0.4) is 0 Å². The van der Waals surface area contributed by atoms with Gasteiger partial charge in [0.2, 0.25) is 6.43 Å². The highest BCUT2D eigenvalue weighted by Gasteiger charge is 2.25. The van der Waals surface area contributed by atoms with Gasteiger partial charge in [-0.3, -0.25) is 4.90 Å². The van der Waals surface area contributed by atoms with Crippen LogP contribution in [-0.2, 0) is 0 Å². The first-order chi connectivity index (χ1) is 10.3. The van der Waals surface area contributed by atoms with Crippen molar-refractivity contribution in [2.45, 2.75) is 45.3 Å². The lowest BCUT2D eigenvalue weighted by molar-refractivity contribution is 0.0738. The van der Waals surface area contributed by atoms with Gasteiger partial charge < -0.3 is 10.1 Å². The summed E-state index contributed by atoms with van der Waals surface area (Å²) in [5, 5.41) is 3.26. The first-order valence-corrected chi connectivity index (χ1v) is 7.87. The summed E-state index contributed by atoms with van der Waals surface area (Å²) in [7, 11) is 0. The van der Waals surface area contributed by atoms with E-state index in [4.69, 9.17) is 4.74 Å². The second-order valence-electron chi connectivity index (χ2n) is 6.71. The van der Waals surface area contributed by atoms with Crippen LogP contribution in [0, 0.1) is 0 Å². The smallest absolute Gasteiger partial charge is 0.240 e. The second-order valence-corrected chi connectivity index (χ2v) is 6.71. The Bertz CT molecular complexity index is 457. The molecule has 0 aromatic heterocycles. The second kappa shape index (κ2) is 8.81. The summed E-state index contributed by atoms with van der Waals surface area (Å²) >= 11 is 0. The zero-order valence-electron chi connectivity index (χ0n) is 14.0. The van der Waals surface area contributed by atoms with Gasteiger partial charge in [-0.1, -0.05) is 12.1 Å². The van der Waals surface area contributed by atoms with Crippen molar-refractivity contribution >= 4 is 12.4 Å². The van der Waals surface area contributed by atoms with Crippen molar-refractivity contribution in [1.82, 2.24) is 10.2 Å². The molecular formula is C17H27ClF2N2O. The van der Waals surface area contributed by atoms with Crippen LogP contribution < -0.4 is 10.1 Å². The van der Waals surface area contributed by atoms with E-state index in [1.807, 2.05) is 45.0 Å². The third kappa shape index (κ3) is 6.61. The minimum absolute atomic E-state index is 0. The summed E-state index contributed by atoms with van der Waals surface area (Å²) in [4.78, 5) is 2.14. The van der Waals surface area contributed by atoms with Crippen LogP contribution in [0.5, 0.6) is 5.75 Å². The Balaban J connectivity index is 0.00000264. The molecule has 1 heterocycles. The zero-order valence-corrected chi connectivity index (χ0v) is 14.8. The molecular weight excluding hydrogens is 322 g/mol. The summed E-state index contributed by atoms with van der Waals surface area (Å²) in [6.07, 6.45) is -2.43. The number of ether oxygens (including phenoxy) is 1. The number of benzene rings is 1. The highest BCUT2D eigenvalue weighted by Crippen LogP contribution is 2.29. The molecule has 0 radical (unpaired) electrons. The van der Waals surface area contributed by atoms with Gasteiger partial charge >= 0.3 is 0 Å². The van der Waals surface area contributed by atoms with Crippen LogP contribution in [0.4, 0.5) is 8.78 Å². The van der Waals surface area contributed by atoms with Crippen molar-refractivity contribution < 1.29 is 13.5 Å². The predicted octanol–water partition coefficient (Wildman–Crippen LogP) is 3.89. The van der Waals surface area contributed by atoms with Crippen molar-refractivity contribution in [1.29, 1.82) is 0 Å². The fourth-order valence-electron chi connectivity index (χ4n) is 2.77. The number of nitrogens with one attached hydrogen (secondary N) is 1. The van der Waals surface area contributed by atoms with Gasteiger partial charge in [0.15, 0.2) is 0 Å². The molecule has 1 atom stereocenters. The Morgan fingerprint density at radius 3 is 2.17 bits per heavy atom. The van der Waals surface area contributed by atoms with Crippen LogP contribution in [0.25, 0.3) is 0 Å². The standard InChI is InChI=1S/C17H26F2N2O.ClH/c1-17(2,3)22-14-6-4-13(5-7-14)15(12-16(18)19)21-10-8-20-9-11-21;/h4-7,15-16,20H,8-12H2,1-3H3;1H/t15-;/m1./s1. The molecule has 0 unspecified atom stereocenters. The third-order valence-corrected chi connectivity index (χ3v) is 3.68. The zero-order chi connectivity index (χ0) is 16.2. The Morgan fingerprint density at radius 2 is 1.70 bits per heavy atom. The lowest BCUT2D eigenvalue weighted by atomic mass is 10.0. The first kappa shape index (κ1) is 20.1. The summed E-state index contributed by atoms with van der Waals surface area (Å²) in [6, 6.07) is 7.35. The number of nitrogens with zero attached hydrogens (tertiary/aromatic N) is 1. The van der Waals surface area contributed by atoms with Crippen LogP contribution in [-0.4, -0.2) is 43.1 Å². The van der Waals surface area contributed by atoms with E-state index in [0.717, 1.165) is 37.5 Å². The number of piperazine rings is 1. The molecule has 1 N–H and O–H groups in total. The monoisotopic (exact) mass is 348 g/mol. The van der Waals surface area contributed by atoms with E-state index in [1.54, 1.807) is 0 Å². The minimum atomic E-state index is -2.30. The lowest BCUT2D eigenvalue weighted by Crippen LogP contribution is -2.45. The van der Waals surface area contributed by atoms with E-state index in [1.165, 1.54) is 0 Å². The van der Waals surface area contributed by atoms with Crippen molar-refractivity contribution in [2.75, 3.05) is 26.2 Å². The van der Waals surface area contributed by atoms with Gasteiger partial charge in [0.25, 0.3) is 0 Å². The molecule has 0 saturated carbocycles. The Hall–Kier alpha value is -0.910. The van der Waals surface area contributed by atoms with Gasteiger partial charge in [0.05, 0.1) is 0 Å². The SMILES string of the molecule is CC(C)(C)Oc1ccc([C@@H](CC(F)F)N2CCNCC2)cc1.Cl. The number of rotatable bonds is 5. The van der Waals surface area contributed by atoms with Crippen molar-refractivity contribution in [3.05, 3.63) is 29.8 Å². The van der Waals surface area contributed by atoms with Crippen molar-refractivity contribution in [3.63, 3.8) is 0 Å². The largest absolute Gasteiger partial charge is 0.488 e. The number of hydrogen-bond donors (Lipinski definition) is 1. The summed E-state index contributed by atoms with van der Waals surface area (Å²) < 4.78 is 31.7. The molecule has 1 aliphatic rings. The molecule has 1 aromatic carbocycles. The summed E-state index contributed by atoms with van der Waals surface area (Å²) in [6.45, 7) is 9.27. The van der Waals surface area contributed by atoms with E-state index in [2.05, 4.69) is 10.2 Å². The van der Waals surface area contributed by atoms with Crippen LogP contribution >= 0.6 is 12.4 Å². The van der Waals surface area contributed by atoms with E-state index in [-0.39, 0.29) is 30.5 Å². The lowest BCUT2D eigenvalue weighted by Gasteiger charge is -2.35.